The smallest absolute Gasteiger partial charge is 0.335 e. The fourth-order valence-electron chi connectivity index (χ4n) is 1.74. The van der Waals surface area contributed by atoms with Crippen molar-refractivity contribution in [1.29, 1.82) is 0 Å². The van der Waals surface area contributed by atoms with Gasteiger partial charge in [0.25, 0.3) is 0 Å². The zero-order chi connectivity index (χ0) is 13.7. The third-order valence-electron chi connectivity index (χ3n) is 2.75. The van der Waals surface area contributed by atoms with Crippen molar-refractivity contribution in [1.82, 2.24) is 4.98 Å². The molecule has 4 N–H and O–H groups in total. The predicted molar refractivity (Wildman–Crippen MR) is 74.2 cm³/mol. The fraction of sp³-hybridized carbons (Fsp3) is 0.143. The van der Waals surface area contributed by atoms with Crippen LogP contribution in [0, 0.1) is 0 Å². The SMILES string of the molecule is Nc1cc(C(=O)O)ccc1NCCc1cccnc1. The van der Waals surface area contributed by atoms with Crippen LogP contribution in [0.15, 0.2) is 42.7 Å². The van der Waals surface area contributed by atoms with Gasteiger partial charge in [-0.3, -0.25) is 4.98 Å². The number of nitrogens with zero attached hydrogens (tertiary/aromatic N) is 1. The number of aromatic nitrogens is 1. The Bertz CT molecular complexity index is 570. The van der Waals surface area contributed by atoms with E-state index in [9.17, 15) is 4.79 Å². The molecule has 98 valence electrons. The maximum absolute atomic E-state index is 10.8. The second kappa shape index (κ2) is 5.86. The number of hydrogen-bond donors (Lipinski definition) is 3. The van der Waals surface area contributed by atoms with Crippen LogP contribution in [0.1, 0.15) is 15.9 Å². The van der Waals surface area contributed by atoms with Crippen molar-refractivity contribution in [3.63, 3.8) is 0 Å². The average Bonchev–Trinajstić information content (AvgIpc) is 2.41. The second-order valence-electron chi connectivity index (χ2n) is 4.15. The summed E-state index contributed by atoms with van der Waals surface area (Å²) in [5.74, 6) is -0.978. The molecule has 0 amide bonds. The van der Waals surface area contributed by atoms with E-state index in [2.05, 4.69) is 10.3 Å². The lowest BCUT2D eigenvalue weighted by Crippen LogP contribution is -2.08. The highest BCUT2D eigenvalue weighted by Gasteiger charge is 2.05. The van der Waals surface area contributed by atoms with Crippen molar-refractivity contribution in [3.8, 4) is 0 Å². The molecule has 0 aliphatic carbocycles. The Balaban J connectivity index is 1.95. The minimum atomic E-state index is -0.978. The molecule has 1 heterocycles. The van der Waals surface area contributed by atoms with E-state index in [4.69, 9.17) is 10.8 Å². The first kappa shape index (κ1) is 12.9. The van der Waals surface area contributed by atoms with Gasteiger partial charge in [0.2, 0.25) is 0 Å². The van der Waals surface area contributed by atoms with Gasteiger partial charge in [-0.2, -0.15) is 0 Å². The molecule has 0 radical (unpaired) electrons. The van der Waals surface area contributed by atoms with Crippen LogP contribution in [0.4, 0.5) is 11.4 Å². The van der Waals surface area contributed by atoms with Crippen LogP contribution in [0.5, 0.6) is 0 Å². The molecule has 2 aromatic rings. The van der Waals surface area contributed by atoms with Crippen LogP contribution in [0.3, 0.4) is 0 Å². The van der Waals surface area contributed by atoms with Gasteiger partial charge in [0.1, 0.15) is 0 Å². The van der Waals surface area contributed by atoms with Crippen LogP contribution in [-0.4, -0.2) is 22.6 Å². The quantitative estimate of drug-likeness (QED) is 0.713. The molecule has 0 atom stereocenters. The lowest BCUT2D eigenvalue weighted by molar-refractivity contribution is 0.0697. The molecule has 0 aliphatic rings. The maximum atomic E-state index is 10.8. The minimum absolute atomic E-state index is 0.190. The number of nitrogen functional groups attached to an aromatic ring is 1. The Kier molecular flexibility index (Phi) is 3.97. The van der Waals surface area contributed by atoms with Crippen LogP contribution >= 0.6 is 0 Å². The highest BCUT2D eigenvalue weighted by molar-refractivity contribution is 5.90. The molecular weight excluding hydrogens is 242 g/mol. The van der Waals surface area contributed by atoms with Crippen molar-refractivity contribution in [2.24, 2.45) is 0 Å². The molecule has 5 nitrogen and oxygen atoms in total. The molecule has 0 bridgehead atoms. The first-order valence-electron chi connectivity index (χ1n) is 5.92. The topological polar surface area (TPSA) is 88.2 Å². The third kappa shape index (κ3) is 3.45. The zero-order valence-corrected chi connectivity index (χ0v) is 10.3. The number of pyridine rings is 1. The molecule has 0 aliphatic heterocycles. The van der Waals surface area contributed by atoms with Gasteiger partial charge in [-0.05, 0) is 36.2 Å². The number of nitrogens with two attached hydrogens (primary N) is 1. The van der Waals surface area contributed by atoms with Gasteiger partial charge in [-0.1, -0.05) is 6.07 Å². The number of hydrogen-bond acceptors (Lipinski definition) is 4. The molecule has 0 spiro atoms. The number of carboxylic acid groups (broad SMARTS) is 1. The van der Waals surface area contributed by atoms with Gasteiger partial charge in [0.15, 0.2) is 0 Å². The Hall–Kier alpha value is -2.56. The Morgan fingerprint density at radius 3 is 2.84 bits per heavy atom. The van der Waals surface area contributed by atoms with E-state index in [-0.39, 0.29) is 5.56 Å². The monoisotopic (exact) mass is 257 g/mol. The van der Waals surface area contributed by atoms with Crippen molar-refractivity contribution < 1.29 is 9.90 Å². The highest BCUT2D eigenvalue weighted by atomic mass is 16.4. The summed E-state index contributed by atoms with van der Waals surface area (Å²) in [6, 6.07) is 8.57. The number of anilines is 2. The van der Waals surface area contributed by atoms with E-state index in [0.717, 1.165) is 17.7 Å². The molecule has 0 saturated heterocycles. The summed E-state index contributed by atoms with van der Waals surface area (Å²) >= 11 is 0. The maximum Gasteiger partial charge on any atom is 0.335 e. The number of aromatic carboxylic acids is 1. The lowest BCUT2D eigenvalue weighted by atomic mass is 10.1. The Morgan fingerprint density at radius 2 is 2.21 bits per heavy atom. The second-order valence-corrected chi connectivity index (χ2v) is 4.15. The molecule has 2 rings (SSSR count). The summed E-state index contributed by atoms with van der Waals surface area (Å²) in [7, 11) is 0. The number of nitrogens with one attached hydrogen (secondary N) is 1. The standard InChI is InChI=1S/C14H15N3O2/c15-12-8-11(14(18)19)3-4-13(12)17-7-5-10-2-1-6-16-9-10/h1-4,6,8-9,17H,5,7,15H2,(H,18,19). The molecule has 1 aromatic heterocycles. The highest BCUT2D eigenvalue weighted by Crippen LogP contribution is 2.19. The third-order valence-corrected chi connectivity index (χ3v) is 2.75. The van der Waals surface area contributed by atoms with E-state index in [1.807, 2.05) is 18.3 Å². The Morgan fingerprint density at radius 1 is 1.37 bits per heavy atom. The first-order valence-corrected chi connectivity index (χ1v) is 5.92. The summed E-state index contributed by atoms with van der Waals surface area (Å²) in [5, 5.41) is 12.0. The van der Waals surface area contributed by atoms with E-state index in [0.29, 0.717) is 12.2 Å². The van der Waals surface area contributed by atoms with Crippen molar-refractivity contribution >= 4 is 17.3 Å². The number of carbonyl (C=O) groups is 1. The summed E-state index contributed by atoms with van der Waals surface area (Å²) < 4.78 is 0. The van der Waals surface area contributed by atoms with Gasteiger partial charge in [-0.25, -0.2) is 4.79 Å². The van der Waals surface area contributed by atoms with Gasteiger partial charge in [0, 0.05) is 18.9 Å². The van der Waals surface area contributed by atoms with Crippen molar-refractivity contribution in [2.45, 2.75) is 6.42 Å². The van der Waals surface area contributed by atoms with Gasteiger partial charge >= 0.3 is 5.97 Å². The van der Waals surface area contributed by atoms with Gasteiger partial charge in [0.05, 0.1) is 16.9 Å². The molecular formula is C14H15N3O2. The molecule has 0 saturated carbocycles. The molecule has 0 unspecified atom stereocenters. The number of carboxylic acids is 1. The Labute approximate surface area is 111 Å². The van der Waals surface area contributed by atoms with Crippen molar-refractivity contribution in [3.05, 3.63) is 53.9 Å². The van der Waals surface area contributed by atoms with E-state index >= 15 is 0 Å². The van der Waals surface area contributed by atoms with E-state index in [1.165, 1.54) is 12.1 Å². The van der Waals surface area contributed by atoms with E-state index < -0.39 is 5.97 Å². The summed E-state index contributed by atoms with van der Waals surface area (Å²) in [4.78, 5) is 14.8. The van der Waals surface area contributed by atoms with Crippen molar-refractivity contribution in [2.75, 3.05) is 17.6 Å². The minimum Gasteiger partial charge on any atom is -0.478 e. The normalized spacial score (nSPS) is 10.1. The zero-order valence-electron chi connectivity index (χ0n) is 10.3. The fourth-order valence-corrected chi connectivity index (χ4v) is 1.74. The van der Waals surface area contributed by atoms with Crippen LogP contribution < -0.4 is 11.1 Å². The van der Waals surface area contributed by atoms with Crippen LogP contribution in [0.2, 0.25) is 0 Å². The average molecular weight is 257 g/mol. The summed E-state index contributed by atoms with van der Waals surface area (Å²) in [6.45, 7) is 0.711. The van der Waals surface area contributed by atoms with E-state index in [1.54, 1.807) is 12.3 Å². The number of rotatable bonds is 5. The molecule has 5 heteroatoms. The van der Waals surface area contributed by atoms with Gasteiger partial charge in [-0.15, -0.1) is 0 Å². The molecule has 1 aromatic carbocycles. The largest absolute Gasteiger partial charge is 0.478 e. The molecule has 19 heavy (non-hydrogen) atoms. The van der Waals surface area contributed by atoms with Gasteiger partial charge < -0.3 is 16.2 Å². The predicted octanol–water partition coefficient (Wildman–Crippen LogP) is 2.02. The lowest BCUT2D eigenvalue weighted by Gasteiger charge is -2.09. The van der Waals surface area contributed by atoms with Crippen LogP contribution in [-0.2, 0) is 6.42 Å². The number of benzene rings is 1. The van der Waals surface area contributed by atoms with Crippen LogP contribution in [0.25, 0.3) is 0 Å². The first-order chi connectivity index (χ1) is 9.16. The molecule has 0 fully saturated rings. The summed E-state index contributed by atoms with van der Waals surface area (Å²) in [5.41, 5.74) is 8.31. The summed E-state index contributed by atoms with van der Waals surface area (Å²) in [6.07, 6.45) is 4.38.